The maximum atomic E-state index is 12.8. The predicted molar refractivity (Wildman–Crippen MR) is 97.0 cm³/mol. The predicted octanol–water partition coefficient (Wildman–Crippen LogP) is 1.97. The first kappa shape index (κ1) is 20.0. The van der Waals surface area contributed by atoms with E-state index in [9.17, 15) is 26.9 Å². The van der Waals surface area contributed by atoms with Gasteiger partial charge in [-0.1, -0.05) is 36.4 Å². The van der Waals surface area contributed by atoms with E-state index in [0.29, 0.717) is 5.56 Å². The molecule has 0 aliphatic rings. The number of sulfone groups is 1. The van der Waals surface area contributed by atoms with Gasteiger partial charge in [-0.15, -0.1) is 0 Å². The number of hydrogen-bond donors (Lipinski definition) is 1. The number of hydrogen-bond acceptors (Lipinski definition) is 6. The zero-order chi connectivity index (χ0) is 19.5. The lowest BCUT2D eigenvalue weighted by Crippen LogP contribution is -2.33. The second-order valence-corrected chi connectivity index (χ2v) is 9.70. The van der Waals surface area contributed by atoms with Crippen LogP contribution in [0.4, 0.5) is 5.69 Å². The lowest BCUT2D eigenvalue weighted by atomic mass is 10.1. The first-order valence-electron chi connectivity index (χ1n) is 7.50. The standard InChI is InChI=1S/C16H18N2O6S2/c1-12-15(18(19)20)9-6-10-16(12)26(23,24)17-14(11-25(2,21)22)13-7-4-3-5-8-13/h3-10,14,17H,11H2,1-2H3. The highest BCUT2D eigenvalue weighted by molar-refractivity contribution is 7.91. The minimum atomic E-state index is -4.19. The molecule has 0 heterocycles. The van der Waals surface area contributed by atoms with Crippen LogP contribution in [-0.4, -0.2) is 33.8 Å². The number of nitrogens with zero attached hydrogens (tertiary/aromatic N) is 1. The summed E-state index contributed by atoms with van der Waals surface area (Å²) in [6.07, 6.45) is 1.01. The van der Waals surface area contributed by atoms with Gasteiger partial charge in [0.1, 0.15) is 9.84 Å². The number of nitro groups is 1. The molecule has 0 spiro atoms. The second-order valence-electron chi connectivity index (χ2n) is 5.83. The molecular formula is C16H18N2O6S2. The summed E-state index contributed by atoms with van der Waals surface area (Å²) in [7, 11) is -7.68. The van der Waals surface area contributed by atoms with Crippen LogP contribution in [0.15, 0.2) is 53.4 Å². The van der Waals surface area contributed by atoms with Crippen LogP contribution >= 0.6 is 0 Å². The van der Waals surface area contributed by atoms with E-state index < -0.39 is 36.6 Å². The van der Waals surface area contributed by atoms with Crippen LogP contribution in [0.3, 0.4) is 0 Å². The average Bonchev–Trinajstić information content (AvgIpc) is 2.53. The van der Waals surface area contributed by atoms with Crippen molar-refractivity contribution in [3.63, 3.8) is 0 Å². The lowest BCUT2D eigenvalue weighted by molar-refractivity contribution is -0.385. The first-order chi connectivity index (χ1) is 12.0. The fraction of sp³-hybridized carbons (Fsp3) is 0.250. The number of rotatable bonds is 7. The third-order valence-electron chi connectivity index (χ3n) is 3.71. The largest absolute Gasteiger partial charge is 0.273 e. The normalized spacial score (nSPS) is 13.3. The molecule has 0 aliphatic heterocycles. The molecule has 10 heteroatoms. The Hall–Kier alpha value is -2.30. The molecule has 0 fully saturated rings. The van der Waals surface area contributed by atoms with Crippen molar-refractivity contribution in [3.05, 3.63) is 69.8 Å². The van der Waals surface area contributed by atoms with Crippen LogP contribution in [0.1, 0.15) is 17.2 Å². The molecule has 1 N–H and O–H groups in total. The van der Waals surface area contributed by atoms with Gasteiger partial charge in [-0.3, -0.25) is 10.1 Å². The van der Waals surface area contributed by atoms with Crippen LogP contribution in [0.25, 0.3) is 0 Å². The van der Waals surface area contributed by atoms with E-state index in [4.69, 9.17) is 0 Å². The van der Waals surface area contributed by atoms with E-state index in [1.54, 1.807) is 30.3 Å². The van der Waals surface area contributed by atoms with E-state index in [-0.39, 0.29) is 16.1 Å². The molecule has 2 aromatic carbocycles. The molecule has 140 valence electrons. The van der Waals surface area contributed by atoms with Crippen LogP contribution in [0.2, 0.25) is 0 Å². The maximum absolute atomic E-state index is 12.8. The van der Waals surface area contributed by atoms with Gasteiger partial charge >= 0.3 is 0 Å². The van der Waals surface area contributed by atoms with E-state index in [1.807, 2.05) is 0 Å². The van der Waals surface area contributed by atoms with Crippen molar-refractivity contribution < 1.29 is 21.8 Å². The number of nitrogens with one attached hydrogen (secondary N) is 1. The highest BCUT2D eigenvalue weighted by atomic mass is 32.2. The summed E-state index contributed by atoms with van der Waals surface area (Å²) >= 11 is 0. The molecule has 0 amide bonds. The number of sulfonamides is 1. The summed E-state index contributed by atoms with van der Waals surface area (Å²) in [4.78, 5) is 10.1. The summed E-state index contributed by atoms with van der Waals surface area (Å²) in [6.45, 7) is 1.33. The monoisotopic (exact) mass is 398 g/mol. The Morgan fingerprint density at radius 2 is 1.65 bits per heavy atom. The maximum Gasteiger partial charge on any atom is 0.273 e. The minimum absolute atomic E-state index is 0.0174. The molecule has 2 aromatic rings. The smallest absolute Gasteiger partial charge is 0.258 e. The molecule has 26 heavy (non-hydrogen) atoms. The quantitative estimate of drug-likeness (QED) is 0.562. The van der Waals surface area contributed by atoms with Crippen LogP contribution < -0.4 is 4.72 Å². The SMILES string of the molecule is Cc1c([N+](=O)[O-])cccc1S(=O)(=O)NC(CS(C)(=O)=O)c1ccccc1. The Bertz CT molecular complexity index is 1020. The van der Waals surface area contributed by atoms with Crippen molar-refractivity contribution in [2.24, 2.45) is 0 Å². The van der Waals surface area contributed by atoms with E-state index >= 15 is 0 Å². The van der Waals surface area contributed by atoms with Crippen LogP contribution in [-0.2, 0) is 19.9 Å². The Morgan fingerprint density at radius 3 is 2.19 bits per heavy atom. The van der Waals surface area contributed by atoms with Crippen molar-refractivity contribution >= 4 is 25.5 Å². The summed E-state index contributed by atoms with van der Waals surface area (Å²) < 4.78 is 51.3. The number of benzene rings is 2. The van der Waals surface area contributed by atoms with Crippen molar-refractivity contribution in [2.45, 2.75) is 17.9 Å². The highest BCUT2D eigenvalue weighted by Gasteiger charge is 2.28. The van der Waals surface area contributed by atoms with Gasteiger partial charge in [-0.2, -0.15) is 0 Å². The molecule has 8 nitrogen and oxygen atoms in total. The Morgan fingerprint density at radius 1 is 1.04 bits per heavy atom. The molecule has 0 aromatic heterocycles. The van der Waals surface area contributed by atoms with Gasteiger partial charge in [0.25, 0.3) is 5.69 Å². The molecule has 2 rings (SSSR count). The molecule has 0 bridgehead atoms. The third-order valence-corrected chi connectivity index (χ3v) is 6.27. The van der Waals surface area contributed by atoms with E-state index in [1.165, 1.54) is 25.1 Å². The van der Waals surface area contributed by atoms with Gasteiger partial charge in [0, 0.05) is 17.9 Å². The summed E-state index contributed by atoms with van der Waals surface area (Å²) in [5.74, 6) is -0.440. The Kier molecular flexibility index (Phi) is 5.79. The van der Waals surface area contributed by atoms with Crippen LogP contribution in [0, 0.1) is 17.0 Å². The molecule has 0 aliphatic carbocycles. The summed E-state index contributed by atoms with van der Waals surface area (Å²) in [6, 6.07) is 11.0. The van der Waals surface area contributed by atoms with Crippen molar-refractivity contribution in [2.75, 3.05) is 12.0 Å². The minimum Gasteiger partial charge on any atom is -0.258 e. The van der Waals surface area contributed by atoms with Crippen molar-refractivity contribution in [1.82, 2.24) is 4.72 Å². The third kappa shape index (κ3) is 4.87. The second kappa shape index (κ2) is 7.52. The Balaban J connectivity index is 2.48. The van der Waals surface area contributed by atoms with Gasteiger partial charge in [-0.05, 0) is 18.6 Å². The van der Waals surface area contributed by atoms with Crippen molar-refractivity contribution in [1.29, 1.82) is 0 Å². The lowest BCUT2D eigenvalue weighted by Gasteiger charge is -2.19. The van der Waals surface area contributed by atoms with Crippen LogP contribution in [0.5, 0.6) is 0 Å². The molecule has 1 atom stereocenters. The fourth-order valence-electron chi connectivity index (χ4n) is 2.53. The molecule has 0 saturated carbocycles. The average molecular weight is 398 g/mol. The molecule has 0 saturated heterocycles. The molecule has 1 unspecified atom stereocenters. The van der Waals surface area contributed by atoms with E-state index in [2.05, 4.69) is 4.72 Å². The van der Waals surface area contributed by atoms with Gasteiger partial charge in [0.15, 0.2) is 0 Å². The number of nitro benzene ring substituents is 1. The van der Waals surface area contributed by atoms with Gasteiger partial charge < -0.3 is 0 Å². The summed E-state index contributed by atoms with van der Waals surface area (Å²) in [5.41, 5.74) is 0.132. The summed E-state index contributed by atoms with van der Waals surface area (Å²) in [5, 5.41) is 11.0. The topological polar surface area (TPSA) is 123 Å². The van der Waals surface area contributed by atoms with Crippen molar-refractivity contribution in [3.8, 4) is 0 Å². The zero-order valence-electron chi connectivity index (χ0n) is 14.1. The Labute approximate surface area is 152 Å². The first-order valence-corrected chi connectivity index (χ1v) is 11.0. The van der Waals surface area contributed by atoms with E-state index in [0.717, 1.165) is 6.26 Å². The zero-order valence-corrected chi connectivity index (χ0v) is 15.7. The van der Waals surface area contributed by atoms with Gasteiger partial charge in [0.05, 0.1) is 21.6 Å². The fourth-order valence-corrected chi connectivity index (χ4v) is 5.00. The van der Waals surface area contributed by atoms with Gasteiger partial charge in [0.2, 0.25) is 10.0 Å². The van der Waals surface area contributed by atoms with Gasteiger partial charge in [-0.25, -0.2) is 21.6 Å². The molecule has 0 radical (unpaired) electrons. The highest BCUT2D eigenvalue weighted by Crippen LogP contribution is 2.26. The molecular weight excluding hydrogens is 380 g/mol.